The van der Waals surface area contributed by atoms with Gasteiger partial charge in [0.2, 0.25) is 0 Å². The fraction of sp³-hybridized carbons (Fsp3) is 0.294. The summed E-state index contributed by atoms with van der Waals surface area (Å²) in [5.74, 6) is 0.802. The van der Waals surface area contributed by atoms with Crippen LogP contribution < -0.4 is 5.32 Å². The summed E-state index contributed by atoms with van der Waals surface area (Å²) in [4.78, 5) is 0. The molecule has 3 rings (SSSR count). The van der Waals surface area contributed by atoms with Gasteiger partial charge < -0.3 is 5.32 Å². The predicted octanol–water partition coefficient (Wildman–Crippen LogP) is 5.45. The summed E-state index contributed by atoms with van der Waals surface area (Å²) in [6, 6.07) is 17.7. The van der Waals surface area contributed by atoms with Gasteiger partial charge in [0, 0.05) is 21.5 Å². The van der Waals surface area contributed by atoms with Crippen molar-refractivity contribution >= 4 is 31.9 Å². The van der Waals surface area contributed by atoms with Crippen LogP contribution in [0.1, 0.15) is 30.0 Å². The van der Waals surface area contributed by atoms with E-state index < -0.39 is 0 Å². The molecule has 0 aromatic heterocycles. The van der Waals surface area contributed by atoms with Gasteiger partial charge in [-0.05, 0) is 73.9 Å². The Kier molecular flexibility index (Phi) is 4.59. The molecule has 0 amide bonds. The third-order valence-corrected chi connectivity index (χ3v) is 5.64. The number of nitrogens with one attached hydrogen (secondary N) is 1. The number of rotatable bonds is 5. The molecule has 0 saturated heterocycles. The molecule has 1 saturated carbocycles. The van der Waals surface area contributed by atoms with Crippen molar-refractivity contribution in [2.75, 3.05) is 0 Å². The normalized spacial score (nSPS) is 16.1. The molecule has 1 aliphatic carbocycles. The molecule has 1 aliphatic rings. The first-order valence-corrected chi connectivity index (χ1v) is 8.55. The number of hydrogen-bond acceptors (Lipinski definition) is 1. The van der Waals surface area contributed by atoms with Gasteiger partial charge in [-0.15, -0.1) is 0 Å². The summed E-state index contributed by atoms with van der Waals surface area (Å²) in [5.41, 5.74) is 2.72. The van der Waals surface area contributed by atoms with Crippen LogP contribution in [-0.2, 0) is 6.54 Å². The maximum absolute atomic E-state index is 3.72. The van der Waals surface area contributed by atoms with Crippen molar-refractivity contribution in [3.8, 4) is 0 Å². The van der Waals surface area contributed by atoms with Crippen LogP contribution in [0.25, 0.3) is 0 Å². The topological polar surface area (TPSA) is 12.0 Å². The molecule has 1 nitrogen and oxygen atoms in total. The molecular weight excluding hydrogens is 378 g/mol. The van der Waals surface area contributed by atoms with E-state index in [-0.39, 0.29) is 0 Å². The van der Waals surface area contributed by atoms with Crippen molar-refractivity contribution in [1.29, 1.82) is 0 Å². The van der Waals surface area contributed by atoms with Crippen molar-refractivity contribution in [2.24, 2.45) is 5.92 Å². The zero-order valence-corrected chi connectivity index (χ0v) is 14.3. The molecule has 2 aromatic rings. The molecule has 104 valence electrons. The average Bonchev–Trinajstić information content (AvgIpc) is 3.29. The standard InChI is InChI=1S/C17H17Br2N/c18-15-9-6-12(10-16(15)19)11-20-17(14-7-8-14)13-4-2-1-3-5-13/h1-6,9-10,14,17,20H,7-8,11H2. The van der Waals surface area contributed by atoms with E-state index >= 15 is 0 Å². The quantitative estimate of drug-likeness (QED) is 0.710. The Morgan fingerprint density at radius 3 is 2.40 bits per heavy atom. The van der Waals surface area contributed by atoms with Crippen molar-refractivity contribution in [1.82, 2.24) is 5.32 Å². The highest BCUT2D eigenvalue weighted by Crippen LogP contribution is 2.41. The van der Waals surface area contributed by atoms with E-state index in [0.717, 1.165) is 21.4 Å². The van der Waals surface area contributed by atoms with Crippen molar-refractivity contribution in [3.05, 3.63) is 68.6 Å². The fourth-order valence-corrected chi connectivity index (χ4v) is 3.20. The van der Waals surface area contributed by atoms with Crippen molar-refractivity contribution in [2.45, 2.75) is 25.4 Å². The van der Waals surface area contributed by atoms with Gasteiger partial charge in [-0.2, -0.15) is 0 Å². The average molecular weight is 395 g/mol. The van der Waals surface area contributed by atoms with E-state index in [1.807, 2.05) is 0 Å². The summed E-state index contributed by atoms with van der Waals surface area (Å²) in [6.45, 7) is 0.905. The van der Waals surface area contributed by atoms with Gasteiger partial charge >= 0.3 is 0 Å². The second-order valence-electron chi connectivity index (χ2n) is 5.36. The van der Waals surface area contributed by atoms with E-state index in [9.17, 15) is 0 Å². The van der Waals surface area contributed by atoms with Gasteiger partial charge in [-0.1, -0.05) is 36.4 Å². The Labute approximate surface area is 137 Å². The largest absolute Gasteiger partial charge is 0.306 e. The lowest BCUT2D eigenvalue weighted by atomic mass is 10.0. The highest BCUT2D eigenvalue weighted by atomic mass is 79.9. The van der Waals surface area contributed by atoms with Crippen LogP contribution >= 0.6 is 31.9 Å². The molecule has 3 heteroatoms. The summed E-state index contributed by atoms with van der Waals surface area (Å²) in [5, 5.41) is 3.72. The zero-order chi connectivity index (χ0) is 13.9. The Morgan fingerprint density at radius 1 is 1.00 bits per heavy atom. The lowest BCUT2D eigenvalue weighted by Crippen LogP contribution is -2.22. The van der Waals surface area contributed by atoms with Crippen LogP contribution in [0.5, 0.6) is 0 Å². The summed E-state index contributed by atoms with van der Waals surface area (Å²) < 4.78 is 2.21. The molecule has 1 fully saturated rings. The van der Waals surface area contributed by atoms with E-state index in [4.69, 9.17) is 0 Å². The Hall–Kier alpha value is -0.640. The zero-order valence-electron chi connectivity index (χ0n) is 11.2. The van der Waals surface area contributed by atoms with E-state index in [2.05, 4.69) is 85.7 Å². The van der Waals surface area contributed by atoms with E-state index in [0.29, 0.717) is 6.04 Å². The molecule has 2 aromatic carbocycles. The molecule has 1 unspecified atom stereocenters. The van der Waals surface area contributed by atoms with Gasteiger partial charge in [0.15, 0.2) is 0 Å². The molecule has 0 radical (unpaired) electrons. The van der Waals surface area contributed by atoms with Gasteiger partial charge in [0.1, 0.15) is 0 Å². The summed E-state index contributed by atoms with van der Waals surface area (Å²) in [7, 11) is 0. The molecule has 0 spiro atoms. The Balaban J connectivity index is 1.70. The minimum absolute atomic E-state index is 0.485. The Morgan fingerprint density at radius 2 is 1.75 bits per heavy atom. The van der Waals surface area contributed by atoms with Gasteiger partial charge in [0.05, 0.1) is 0 Å². The van der Waals surface area contributed by atoms with E-state index in [1.54, 1.807) is 0 Å². The predicted molar refractivity (Wildman–Crippen MR) is 90.6 cm³/mol. The molecular formula is C17H17Br2N. The van der Waals surface area contributed by atoms with Crippen LogP contribution in [0.15, 0.2) is 57.5 Å². The third-order valence-electron chi connectivity index (χ3n) is 3.76. The first-order chi connectivity index (χ1) is 9.74. The van der Waals surface area contributed by atoms with Crippen LogP contribution in [0.4, 0.5) is 0 Å². The second-order valence-corrected chi connectivity index (χ2v) is 7.06. The van der Waals surface area contributed by atoms with Crippen LogP contribution in [0.2, 0.25) is 0 Å². The fourth-order valence-electron chi connectivity index (χ4n) is 2.52. The number of benzene rings is 2. The molecule has 20 heavy (non-hydrogen) atoms. The number of halogens is 2. The molecule has 1 N–H and O–H groups in total. The molecule has 0 aliphatic heterocycles. The highest BCUT2D eigenvalue weighted by Gasteiger charge is 2.31. The minimum atomic E-state index is 0.485. The second kappa shape index (κ2) is 6.42. The molecule has 0 heterocycles. The van der Waals surface area contributed by atoms with Crippen LogP contribution in [-0.4, -0.2) is 0 Å². The monoisotopic (exact) mass is 393 g/mol. The van der Waals surface area contributed by atoms with Gasteiger partial charge in [-0.3, -0.25) is 0 Å². The van der Waals surface area contributed by atoms with E-state index in [1.165, 1.54) is 24.0 Å². The van der Waals surface area contributed by atoms with Crippen molar-refractivity contribution < 1.29 is 0 Å². The van der Waals surface area contributed by atoms with Gasteiger partial charge in [-0.25, -0.2) is 0 Å². The first-order valence-electron chi connectivity index (χ1n) is 6.96. The number of hydrogen-bond donors (Lipinski definition) is 1. The maximum Gasteiger partial charge on any atom is 0.0351 e. The minimum Gasteiger partial charge on any atom is -0.306 e. The van der Waals surface area contributed by atoms with Gasteiger partial charge in [0.25, 0.3) is 0 Å². The molecule has 1 atom stereocenters. The van der Waals surface area contributed by atoms with Crippen LogP contribution in [0, 0.1) is 5.92 Å². The maximum atomic E-state index is 3.72. The summed E-state index contributed by atoms with van der Waals surface area (Å²) in [6.07, 6.45) is 2.69. The molecule has 0 bridgehead atoms. The lowest BCUT2D eigenvalue weighted by molar-refractivity contribution is 0.480. The van der Waals surface area contributed by atoms with Crippen LogP contribution in [0.3, 0.4) is 0 Å². The first kappa shape index (κ1) is 14.3. The lowest BCUT2D eigenvalue weighted by Gasteiger charge is -2.19. The third kappa shape index (κ3) is 3.51. The summed E-state index contributed by atoms with van der Waals surface area (Å²) >= 11 is 7.08. The smallest absolute Gasteiger partial charge is 0.0351 e. The van der Waals surface area contributed by atoms with Crippen molar-refractivity contribution in [3.63, 3.8) is 0 Å². The highest BCUT2D eigenvalue weighted by molar-refractivity contribution is 9.13. The SMILES string of the molecule is Brc1ccc(CNC(c2ccccc2)C2CC2)cc1Br. The Bertz CT molecular complexity index is 579.